The van der Waals surface area contributed by atoms with Crippen molar-refractivity contribution in [3.05, 3.63) is 12.4 Å². The van der Waals surface area contributed by atoms with Crippen LogP contribution in [0.4, 0.5) is 14.5 Å². The Kier molecular flexibility index (Phi) is 4.36. The number of anilines is 1. The highest BCUT2D eigenvalue weighted by molar-refractivity contribution is 5.92. The van der Waals surface area contributed by atoms with E-state index in [2.05, 4.69) is 10.4 Å². The van der Waals surface area contributed by atoms with Crippen LogP contribution in [-0.4, -0.2) is 28.7 Å². The number of nitrogens with one attached hydrogen (secondary N) is 1. The highest BCUT2D eigenvalue weighted by Gasteiger charge is 2.12. The summed E-state index contributed by atoms with van der Waals surface area (Å²) in [6.45, 7) is 1.43. The van der Waals surface area contributed by atoms with Crippen LogP contribution >= 0.6 is 0 Å². The summed E-state index contributed by atoms with van der Waals surface area (Å²) in [7, 11) is 0. The van der Waals surface area contributed by atoms with Gasteiger partial charge in [-0.2, -0.15) is 5.10 Å². The highest BCUT2D eigenvalue weighted by atomic mass is 19.3. The van der Waals surface area contributed by atoms with Gasteiger partial charge in [-0.05, 0) is 0 Å². The molecule has 0 saturated carbocycles. The molecule has 0 radical (unpaired) electrons. The molecule has 0 aliphatic rings. The summed E-state index contributed by atoms with van der Waals surface area (Å²) in [5, 5.41) is 6.22. The van der Waals surface area contributed by atoms with Crippen LogP contribution in [0.15, 0.2) is 12.4 Å². The number of nitrogens with zero attached hydrogens (tertiary/aromatic N) is 2. The molecule has 0 spiro atoms. The number of aromatic nitrogens is 2. The lowest BCUT2D eigenvalue weighted by atomic mass is 10.2. The molecule has 0 saturated heterocycles. The number of carbonyl (C=O) groups excluding carboxylic acids is 1. The molecule has 1 aromatic heterocycles. The standard InChI is InChI=1S/C9H14F2N4O/c1-6(2-12)9(16)14-7-3-13-15(4-7)5-8(10)11/h3-4,6,8H,2,5,12H2,1H3,(H,14,16). The monoisotopic (exact) mass is 232 g/mol. The maximum absolute atomic E-state index is 12.0. The Bertz CT molecular complexity index is 353. The molecule has 0 fully saturated rings. The van der Waals surface area contributed by atoms with Gasteiger partial charge in [-0.15, -0.1) is 0 Å². The van der Waals surface area contributed by atoms with Gasteiger partial charge >= 0.3 is 0 Å². The van der Waals surface area contributed by atoms with Gasteiger partial charge < -0.3 is 11.1 Å². The van der Waals surface area contributed by atoms with Crippen molar-refractivity contribution in [1.82, 2.24) is 9.78 Å². The number of nitrogens with two attached hydrogens (primary N) is 1. The molecule has 0 aliphatic heterocycles. The largest absolute Gasteiger partial charge is 0.330 e. The van der Waals surface area contributed by atoms with Crippen LogP contribution in [0.2, 0.25) is 0 Å². The molecule has 1 heterocycles. The lowest BCUT2D eigenvalue weighted by Crippen LogP contribution is -2.26. The number of carbonyl (C=O) groups is 1. The summed E-state index contributed by atoms with van der Waals surface area (Å²) in [6, 6.07) is 0. The van der Waals surface area contributed by atoms with Gasteiger partial charge in [0.05, 0.1) is 11.9 Å². The minimum atomic E-state index is -2.47. The summed E-state index contributed by atoms with van der Waals surface area (Å²) in [4.78, 5) is 11.4. The first kappa shape index (κ1) is 12.6. The van der Waals surface area contributed by atoms with Crippen LogP contribution in [0.1, 0.15) is 6.92 Å². The third-order valence-electron chi connectivity index (χ3n) is 2.03. The van der Waals surface area contributed by atoms with Gasteiger partial charge in [0.15, 0.2) is 0 Å². The zero-order chi connectivity index (χ0) is 12.1. The molecule has 0 aliphatic carbocycles. The third-order valence-corrected chi connectivity index (χ3v) is 2.03. The molecule has 16 heavy (non-hydrogen) atoms. The Labute approximate surface area is 91.6 Å². The first-order valence-corrected chi connectivity index (χ1v) is 4.84. The smallest absolute Gasteiger partial charge is 0.257 e. The average molecular weight is 232 g/mol. The summed E-state index contributed by atoms with van der Waals surface area (Å²) >= 11 is 0. The van der Waals surface area contributed by atoms with Crippen molar-refractivity contribution in [2.24, 2.45) is 11.7 Å². The second kappa shape index (κ2) is 5.55. The number of rotatable bonds is 5. The number of alkyl halides is 2. The van der Waals surface area contributed by atoms with Gasteiger partial charge in [0.2, 0.25) is 5.91 Å². The highest BCUT2D eigenvalue weighted by Crippen LogP contribution is 2.08. The Morgan fingerprint density at radius 2 is 2.38 bits per heavy atom. The van der Waals surface area contributed by atoms with Crippen molar-refractivity contribution in [3.8, 4) is 0 Å². The van der Waals surface area contributed by atoms with E-state index in [1.165, 1.54) is 12.4 Å². The predicted molar refractivity (Wildman–Crippen MR) is 55.1 cm³/mol. The normalized spacial score (nSPS) is 12.8. The van der Waals surface area contributed by atoms with Gasteiger partial charge in [0.25, 0.3) is 6.43 Å². The molecule has 90 valence electrons. The van der Waals surface area contributed by atoms with Crippen molar-refractivity contribution in [2.75, 3.05) is 11.9 Å². The van der Waals surface area contributed by atoms with E-state index in [1.807, 2.05) is 0 Å². The van der Waals surface area contributed by atoms with Crippen molar-refractivity contribution in [2.45, 2.75) is 19.9 Å². The van der Waals surface area contributed by atoms with Crippen LogP contribution in [0, 0.1) is 5.92 Å². The van der Waals surface area contributed by atoms with Crippen molar-refractivity contribution < 1.29 is 13.6 Å². The minimum absolute atomic E-state index is 0.233. The van der Waals surface area contributed by atoms with Crippen LogP contribution in [-0.2, 0) is 11.3 Å². The number of hydrogen-bond acceptors (Lipinski definition) is 3. The molecular formula is C9H14F2N4O. The van der Waals surface area contributed by atoms with Gasteiger partial charge in [0.1, 0.15) is 6.54 Å². The fourth-order valence-electron chi connectivity index (χ4n) is 1.04. The third kappa shape index (κ3) is 3.58. The van der Waals surface area contributed by atoms with E-state index in [9.17, 15) is 13.6 Å². The van der Waals surface area contributed by atoms with Gasteiger partial charge in [-0.1, -0.05) is 6.92 Å². The lowest BCUT2D eigenvalue weighted by molar-refractivity contribution is -0.119. The van der Waals surface area contributed by atoms with Gasteiger partial charge in [-0.3, -0.25) is 9.48 Å². The SMILES string of the molecule is CC(CN)C(=O)Nc1cnn(CC(F)F)c1. The lowest BCUT2D eigenvalue weighted by Gasteiger charge is -2.07. The van der Waals surface area contributed by atoms with E-state index < -0.39 is 13.0 Å². The van der Waals surface area contributed by atoms with E-state index in [4.69, 9.17) is 5.73 Å². The second-order valence-electron chi connectivity index (χ2n) is 3.47. The minimum Gasteiger partial charge on any atom is -0.330 e. The topological polar surface area (TPSA) is 72.9 Å². The van der Waals surface area contributed by atoms with Crippen LogP contribution in [0.3, 0.4) is 0 Å². The molecule has 7 heteroatoms. The Morgan fingerprint density at radius 1 is 1.69 bits per heavy atom. The number of halogens is 2. The van der Waals surface area contributed by atoms with E-state index in [0.717, 1.165) is 4.68 Å². The molecule has 0 aromatic carbocycles. The van der Waals surface area contributed by atoms with E-state index in [-0.39, 0.29) is 18.4 Å². The average Bonchev–Trinajstić information content (AvgIpc) is 2.63. The van der Waals surface area contributed by atoms with Gasteiger partial charge in [0, 0.05) is 18.7 Å². The maximum Gasteiger partial charge on any atom is 0.257 e. The molecule has 0 bridgehead atoms. The summed E-state index contributed by atoms with van der Waals surface area (Å²) < 4.78 is 25.1. The number of amides is 1. The molecule has 1 atom stereocenters. The first-order valence-electron chi connectivity index (χ1n) is 4.84. The Hall–Kier alpha value is -1.50. The van der Waals surface area contributed by atoms with E-state index >= 15 is 0 Å². The summed E-state index contributed by atoms with van der Waals surface area (Å²) in [6.07, 6.45) is 0.211. The quantitative estimate of drug-likeness (QED) is 0.784. The Morgan fingerprint density at radius 3 is 2.94 bits per heavy atom. The van der Waals surface area contributed by atoms with Gasteiger partial charge in [-0.25, -0.2) is 8.78 Å². The summed E-state index contributed by atoms with van der Waals surface area (Å²) in [5.74, 6) is -0.572. The fourth-order valence-corrected chi connectivity index (χ4v) is 1.04. The molecule has 1 unspecified atom stereocenters. The molecule has 1 aromatic rings. The van der Waals surface area contributed by atoms with Crippen molar-refractivity contribution in [3.63, 3.8) is 0 Å². The van der Waals surface area contributed by atoms with Crippen LogP contribution in [0.5, 0.6) is 0 Å². The number of hydrogen-bond donors (Lipinski definition) is 2. The predicted octanol–water partition coefficient (Wildman–Crippen LogP) is 0.681. The fraction of sp³-hybridized carbons (Fsp3) is 0.556. The summed E-state index contributed by atoms with van der Waals surface area (Å²) in [5.41, 5.74) is 5.71. The maximum atomic E-state index is 12.0. The molecule has 3 N–H and O–H groups in total. The van der Waals surface area contributed by atoms with Crippen molar-refractivity contribution in [1.29, 1.82) is 0 Å². The molecule has 1 rings (SSSR count). The van der Waals surface area contributed by atoms with Crippen molar-refractivity contribution >= 4 is 11.6 Å². The van der Waals surface area contributed by atoms with Crippen LogP contribution in [0.25, 0.3) is 0 Å². The molecule has 1 amide bonds. The second-order valence-corrected chi connectivity index (χ2v) is 3.47. The zero-order valence-electron chi connectivity index (χ0n) is 8.86. The first-order chi connectivity index (χ1) is 7.52. The zero-order valence-corrected chi connectivity index (χ0v) is 8.86. The van der Waals surface area contributed by atoms with E-state index in [0.29, 0.717) is 5.69 Å². The van der Waals surface area contributed by atoms with E-state index in [1.54, 1.807) is 6.92 Å². The Balaban J connectivity index is 2.55. The molecule has 5 nitrogen and oxygen atoms in total. The molecular weight excluding hydrogens is 218 g/mol. The van der Waals surface area contributed by atoms with Crippen LogP contribution < -0.4 is 11.1 Å².